The molecule has 1 fully saturated rings. The number of alkyl halides is 1. The number of ether oxygens (including phenoxy) is 1. The maximum absolute atomic E-state index is 12.0. The molecule has 1 atom stereocenters. The second-order valence-corrected chi connectivity index (χ2v) is 6.76. The number of aliphatic hydroxyl groups is 1. The molecular formula is C14H25ClN2O4. The molecule has 21 heavy (non-hydrogen) atoms. The van der Waals surface area contributed by atoms with E-state index < -0.39 is 17.2 Å². The predicted molar refractivity (Wildman–Crippen MR) is 80.3 cm³/mol. The molecule has 0 aliphatic carbocycles. The SMILES string of the molecule is CC(NC(=O)CCl)C1(O)CCN(C(=O)OC(C)(C)C)CC1. The van der Waals surface area contributed by atoms with Crippen LogP contribution in [-0.2, 0) is 9.53 Å². The van der Waals surface area contributed by atoms with Crippen molar-refractivity contribution in [3.63, 3.8) is 0 Å². The van der Waals surface area contributed by atoms with Crippen molar-refractivity contribution in [3.8, 4) is 0 Å². The van der Waals surface area contributed by atoms with Crippen LogP contribution in [0.4, 0.5) is 4.79 Å². The van der Waals surface area contributed by atoms with E-state index in [1.54, 1.807) is 11.8 Å². The third kappa shape index (κ3) is 5.36. The van der Waals surface area contributed by atoms with E-state index >= 15 is 0 Å². The van der Waals surface area contributed by atoms with Gasteiger partial charge in [0.2, 0.25) is 5.91 Å². The standard InChI is InChI=1S/C14H25ClN2O4/c1-10(16-11(18)9-15)14(20)5-7-17(8-6-14)12(19)21-13(2,3)4/h10,20H,5-9H2,1-4H3,(H,16,18). The maximum Gasteiger partial charge on any atom is 0.410 e. The second-order valence-electron chi connectivity index (χ2n) is 6.49. The van der Waals surface area contributed by atoms with Crippen molar-refractivity contribution < 1.29 is 19.4 Å². The molecule has 7 heteroatoms. The lowest BCUT2D eigenvalue weighted by Gasteiger charge is -2.42. The number of nitrogens with zero attached hydrogens (tertiary/aromatic N) is 1. The van der Waals surface area contributed by atoms with Crippen molar-refractivity contribution in [3.05, 3.63) is 0 Å². The lowest BCUT2D eigenvalue weighted by molar-refractivity contribution is -0.122. The van der Waals surface area contributed by atoms with Gasteiger partial charge in [0, 0.05) is 13.1 Å². The van der Waals surface area contributed by atoms with Crippen LogP contribution < -0.4 is 5.32 Å². The number of amides is 2. The molecular weight excluding hydrogens is 296 g/mol. The minimum Gasteiger partial charge on any atom is -0.444 e. The zero-order valence-corrected chi connectivity index (χ0v) is 13.9. The highest BCUT2D eigenvalue weighted by molar-refractivity contribution is 6.27. The van der Waals surface area contributed by atoms with Crippen LogP contribution in [-0.4, -0.2) is 58.2 Å². The molecule has 0 bridgehead atoms. The molecule has 2 N–H and O–H groups in total. The van der Waals surface area contributed by atoms with Gasteiger partial charge in [-0.1, -0.05) is 0 Å². The van der Waals surface area contributed by atoms with E-state index in [4.69, 9.17) is 16.3 Å². The molecule has 1 heterocycles. The number of likely N-dealkylation sites (tertiary alicyclic amines) is 1. The minimum absolute atomic E-state index is 0.134. The molecule has 2 amide bonds. The molecule has 6 nitrogen and oxygen atoms in total. The van der Waals surface area contributed by atoms with Gasteiger partial charge in [0.05, 0.1) is 11.6 Å². The van der Waals surface area contributed by atoms with E-state index in [2.05, 4.69) is 5.32 Å². The molecule has 122 valence electrons. The molecule has 1 aliphatic heterocycles. The number of hydrogen-bond donors (Lipinski definition) is 2. The second kappa shape index (κ2) is 6.83. The highest BCUT2D eigenvalue weighted by atomic mass is 35.5. The normalized spacial score (nSPS) is 19.8. The van der Waals surface area contributed by atoms with E-state index in [1.807, 2.05) is 20.8 Å². The van der Waals surface area contributed by atoms with Crippen LogP contribution in [0.1, 0.15) is 40.5 Å². The summed E-state index contributed by atoms with van der Waals surface area (Å²) >= 11 is 5.44. The van der Waals surface area contributed by atoms with Crippen LogP contribution in [0, 0.1) is 0 Å². The maximum atomic E-state index is 12.0. The smallest absolute Gasteiger partial charge is 0.410 e. The van der Waals surface area contributed by atoms with Crippen LogP contribution in [0.2, 0.25) is 0 Å². The fourth-order valence-electron chi connectivity index (χ4n) is 2.25. The quantitative estimate of drug-likeness (QED) is 0.772. The summed E-state index contributed by atoms with van der Waals surface area (Å²) in [6.07, 6.45) is 0.397. The molecule has 0 spiro atoms. The molecule has 0 radical (unpaired) electrons. The van der Waals surface area contributed by atoms with Crippen LogP contribution in [0.5, 0.6) is 0 Å². The predicted octanol–water partition coefficient (Wildman–Crippen LogP) is 1.49. The van der Waals surface area contributed by atoms with E-state index in [9.17, 15) is 14.7 Å². The van der Waals surface area contributed by atoms with Crippen LogP contribution in [0.3, 0.4) is 0 Å². The van der Waals surface area contributed by atoms with E-state index in [1.165, 1.54) is 0 Å². The number of nitrogens with one attached hydrogen (secondary N) is 1. The van der Waals surface area contributed by atoms with E-state index in [0.29, 0.717) is 25.9 Å². The van der Waals surface area contributed by atoms with Gasteiger partial charge in [0.1, 0.15) is 11.5 Å². The highest BCUT2D eigenvalue weighted by Gasteiger charge is 2.40. The van der Waals surface area contributed by atoms with Gasteiger partial charge in [-0.25, -0.2) is 4.79 Å². The van der Waals surface area contributed by atoms with Gasteiger partial charge < -0.3 is 20.1 Å². The molecule has 0 aromatic heterocycles. The van der Waals surface area contributed by atoms with Gasteiger partial charge >= 0.3 is 6.09 Å². The van der Waals surface area contributed by atoms with E-state index in [-0.39, 0.29) is 17.9 Å². The first-order valence-corrected chi connectivity index (χ1v) is 7.66. The fraction of sp³-hybridized carbons (Fsp3) is 0.857. The van der Waals surface area contributed by atoms with Gasteiger partial charge in [-0.15, -0.1) is 11.6 Å². The van der Waals surface area contributed by atoms with Crippen molar-refractivity contribution in [1.29, 1.82) is 0 Å². The summed E-state index contributed by atoms with van der Waals surface area (Å²) in [6, 6.07) is -0.412. The van der Waals surface area contributed by atoms with E-state index in [0.717, 1.165) is 0 Å². The monoisotopic (exact) mass is 320 g/mol. The topological polar surface area (TPSA) is 78.9 Å². The van der Waals surface area contributed by atoms with Gasteiger partial charge in [-0.05, 0) is 40.5 Å². The first-order chi connectivity index (χ1) is 9.57. The third-order valence-corrected chi connectivity index (χ3v) is 3.83. The summed E-state index contributed by atoms with van der Waals surface area (Å²) in [6.45, 7) is 7.98. The number of carbonyl (C=O) groups is 2. The first kappa shape index (κ1) is 18.0. The van der Waals surface area contributed by atoms with Gasteiger partial charge in [-0.3, -0.25) is 4.79 Å². The molecule has 1 rings (SSSR count). The molecule has 1 aliphatic rings. The molecule has 0 aromatic rings. The lowest BCUT2D eigenvalue weighted by Crippen LogP contribution is -2.57. The number of piperidine rings is 1. The summed E-state index contributed by atoms with van der Waals surface area (Å²) in [5.74, 6) is -0.447. The van der Waals surface area contributed by atoms with Crippen molar-refractivity contribution in [2.75, 3.05) is 19.0 Å². The average Bonchev–Trinajstić information content (AvgIpc) is 2.37. The Balaban J connectivity index is 2.54. The van der Waals surface area contributed by atoms with Crippen molar-refractivity contribution in [2.24, 2.45) is 0 Å². The largest absolute Gasteiger partial charge is 0.444 e. The number of halogens is 1. The average molecular weight is 321 g/mol. The summed E-state index contributed by atoms with van der Waals surface area (Å²) in [5.41, 5.74) is -1.56. The Labute approximate surface area is 130 Å². The third-order valence-electron chi connectivity index (χ3n) is 3.59. The van der Waals surface area contributed by atoms with Crippen molar-refractivity contribution in [2.45, 2.75) is 57.8 Å². The van der Waals surface area contributed by atoms with Gasteiger partial charge in [0.15, 0.2) is 0 Å². The Morgan fingerprint density at radius 3 is 2.33 bits per heavy atom. The van der Waals surface area contributed by atoms with Crippen LogP contribution in [0.25, 0.3) is 0 Å². The molecule has 0 saturated carbocycles. The summed E-state index contributed by atoms with van der Waals surface area (Å²) in [4.78, 5) is 24.8. The highest BCUT2D eigenvalue weighted by Crippen LogP contribution is 2.26. The Kier molecular flexibility index (Phi) is 5.87. The lowest BCUT2D eigenvalue weighted by atomic mass is 9.85. The summed E-state index contributed by atoms with van der Waals surface area (Å²) in [7, 11) is 0. The Hall–Kier alpha value is -1.01. The fourth-order valence-corrected chi connectivity index (χ4v) is 2.33. The van der Waals surface area contributed by atoms with Crippen molar-refractivity contribution in [1.82, 2.24) is 10.2 Å². The van der Waals surface area contributed by atoms with Crippen molar-refractivity contribution >= 4 is 23.6 Å². The zero-order valence-electron chi connectivity index (χ0n) is 13.1. The van der Waals surface area contributed by atoms with Crippen LogP contribution in [0.15, 0.2) is 0 Å². The van der Waals surface area contributed by atoms with Gasteiger partial charge in [-0.2, -0.15) is 0 Å². The number of carbonyl (C=O) groups excluding carboxylic acids is 2. The Bertz CT molecular complexity index is 387. The summed E-state index contributed by atoms with van der Waals surface area (Å²) < 4.78 is 5.31. The first-order valence-electron chi connectivity index (χ1n) is 7.13. The van der Waals surface area contributed by atoms with Gasteiger partial charge in [0.25, 0.3) is 0 Å². The Morgan fingerprint density at radius 1 is 1.38 bits per heavy atom. The minimum atomic E-state index is -1.03. The summed E-state index contributed by atoms with van der Waals surface area (Å²) in [5, 5.41) is 13.2. The zero-order chi connectivity index (χ0) is 16.3. The molecule has 1 saturated heterocycles. The number of hydrogen-bond acceptors (Lipinski definition) is 4. The molecule has 0 aromatic carbocycles. The number of rotatable bonds is 3. The Morgan fingerprint density at radius 2 is 1.90 bits per heavy atom. The van der Waals surface area contributed by atoms with Crippen LogP contribution >= 0.6 is 11.6 Å². The molecule has 1 unspecified atom stereocenters.